The molecule has 0 aliphatic carbocycles. The van der Waals surface area contributed by atoms with Gasteiger partial charge in [-0.1, -0.05) is 0 Å². The summed E-state index contributed by atoms with van der Waals surface area (Å²) in [7, 11) is 0. The standard InChI is InChI=1S/C18H26N4O2/c19-18(24)14-4-3-9-21(12-14)13-17(23)20-15-5-7-16(8-6-15)22-10-1-2-11-22/h5-8,14H,1-4,9-13H2,(H2,19,24)(H,20,23)/t14-/m1/s1. The molecule has 1 aromatic carbocycles. The molecule has 130 valence electrons. The molecule has 2 aliphatic rings. The second-order valence-corrected chi connectivity index (χ2v) is 6.77. The van der Waals surface area contributed by atoms with Crippen molar-refractivity contribution in [3.8, 4) is 0 Å². The lowest BCUT2D eigenvalue weighted by atomic mass is 9.97. The predicted molar refractivity (Wildman–Crippen MR) is 94.9 cm³/mol. The monoisotopic (exact) mass is 330 g/mol. The Bertz CT molecular complexity index is 581. The summed E-state index contributed by atoms with van der Waals surface area (Å²) in [6.45, 7) is 3.95. The SMILES string of the molecule is NC(=O)[C@@H]1CCCN(CC(=O)Nc2ccc(N3CCCC3)cc2)C1. The Morgan fingerprint density at radius 3 is 2.46 bits per heavy atom. The molecule has 6 nitrogen and oxygen atoms in total. The second-order valence-electron chi connectivity index (χ2n) is 6.77. The van der Waals surface area contributed by atoms with Crippen LogP contribution < -0.4 is 16.0 Å². The first-order chi connectivity index (χ1) is 11.6. The Morgan fingerprint density at radius 1 is 1.08 bits per heavy atom. The number of benzene rings is 1. The molecule has 0 unspecified atom stereocenters. The van der Waals surface area contributed by atoms with E-state index in [-0.39, 0.29) is 17.7 Å². The number of nitrogens with zero attached hydrogens (tertiary/aromatic N) is 2. The zero-order valence-corrected chi connectivity index (χ0v) is 14.0. The van der Waals surface area contributed by atoms with Gasteiger partial charge in [-0.05, 0) is 56.5 Å². The maximum absolute atomic E-state index is 12.2. The highest BCUT2D eigenvalue weighted by atomic mass is 16.2. The lowest BCUT2D eigenvalue weighted by Gasteiger charge is -2.30. The molecule has 2 amide bonds. The van der Waals surface area contributed by atoms with Crippen molar-refractivity contribution in [3.63, 3.8) is 0 Å². The minimum atomic E-state index is -0.266. The van der Waals surface area contributed by atoms with Gasteiger partial charge in [0.05, 0.1) is 12.5 Å². The summed E-state index contributed by atoms with van der Waals surface area (Å²) in [6.07, 6.45) is 4.23. The van der Waals surface area contributed by atoms with E-state index in [1.807, 2.05) is 17.0 Å². The average molecular weight is 330 g/mol. The zero-order chi connectivity index (χ0) is 16.9. The van der Waals surface area contributed by atoms with Crippen LogP contribution in [0.3, 0.4) is 0 Å². The van der Waals surface area contributed by atoms with Crippen molar-refractivity contribution in [2.45, 2.75) is 25.7 Å². The number of hydrogen-bond acceptors (Lipinski definition) is 4. The van der Waals surface area contributed by atoms with Crippen LogP contribution in [-0.2, 0) is 9.59 Å². The summed E-state index contributed by atoms with van der Waals surface area (Å²) in [6, 6.07) is 8.03. The molecule has 1 aromatic rings. The van der Waals surface area contributed by atoms with Crippen molar-refractivity contribution < 1.29 is 9.59 Å². The minimum absolute atomic E-state index is 0.0472. The van der Waals surface area contributed by atoms with Crippen molar-refractivity contribution in [1.29, 1.82) is 0 Å². The second kappa shape index (κ2) is 7.66. The van der Waals surface area contributed by atoms with Crippen molar-refractivity contribution in [1.82, 2.24) is 4.90 Å². The largest absolute Gasteiger partial charge is 0.372 e. The number of carbonyl (C=O) groups excluding carboxylic acids is 2. The molecule has 2 fully saturated rings. The number of hydrogen-bond donors (Lipinski definition) is 2. The summed E-state index contributed by atoms with van der Waals surface area (Å²) in [5, 5.41) is 2.94. The summed E-state index contributed by atoms with van der Waals surface area (Å²) in [5.41, 5.74) is 7.40. The molecule has 24 heavy (non-hydrogen) atoms. The van der Waals surface area contributed by atoms with Gasteiger partial charge >= 0.3 is 0 Å². The van der Waals surface area contributed by atoms with E-state index in [0.717, 1.165) is 38.2 Å². The van der Waals surface area contributed by atoms with E-state index in [2.05, 4.69) is 22.3 Å². The Kier molecular flexibility index (Phi) is 5.35. The van der Waals surface area contributed by atoms with Crippen molar-refractivity contribution in [2.75, 3.05) is 42.9 Å². The maximum atomic E-state index is 12.2. The van der Waals surface area contributed by atoms with Crippen LogP contribution in [0.15, 0.2) is 24.3 Å². The van der Waals surface area contributed by atoms with E-state index in [1.165, 1.54) is 18.5 Å². The highest BCUT2D eigenvalue weighted by Crippen LogP contribution is 2.22. The highest BCUT2D eigenvalue weighted by Gasteiger charge is 2.25. The Labute approximate surface area is 143 Å². The molecule has 0 radical (unpaired) electrons. The van der Waals surface area contributed by atoms with Gasteiger partial charge in [0.25, 0.3) is 0 Å². The van der Waals surface area contributed by atoms with Gasteiger partial charge in [-0.15, -0.1) is 0 Å². The number of primary amides is 1. The van der Waals surface area contributed by atoms with Gasteiger partial charge in [0.15, 0.2) is 0 Å². The number of nitrogens with two attached hydrogens (primary N) is 1. The number of carbonyl (C=O) groups is 2. The van der Waals surface area contributed by atoms with Crippen LogP contribution in [0.5, 0.6) is 0 Å². The van der Waals surface area contributed by atoms with Gasteiger partial charge in [-0.3, -0.25) is 14.5 Å². The van der Waals surface area contributed by atoms with Gasteiger partial charge in [0.2, 0.25) is 11.8 Å². The molecule has 2 heterocycles. The van der Waals surface area contributed by atoms with Gasteiger partial charge in [-0.2, -0.15) is 0 Å². The normalized spacial score (nSPS) is 21.7. The number of likely N-dealkylation sites (tertiary alicyclic amines) is 1. The molecular weight excluding hydrogens is 304 g/mol. The highest BCUT2D eigenvalue weighted by molar-refractivity contribution is 5.92. The van der Waals surface area contributed by atoms with Crippen LogP contribution >= 0.6 is 0 Å². The van der Waals surface area contributed by atoms with Crippen molar-refractivity contribution >= 4 is 23.2 Å². The number of rotatable bonds is 5. The van der Waals surface area contributed by atoms with Crippen LogP contribution in [0.1, 0.15) is 25.7 Å². The molecule has 3 N–H and O–H groups in total. The minimum Gasteiger partial charge on any atom is -0.372 e. The van der Waals surface area contributed by atoms with Crippen LogP contribution in [0.4, 0.5) is 11.4 Å². The van der Waals surface area contributed by atoms with Crippen LogP contribution in [0.2, 0.25) is 0 Å². The van der Waals surface area contributed by atoms with Crippen LogP contribution in [0, 0.1) is 5.92 Å². The van der Waals surface area contributed by atoms with Gasteiger partial charge in [0, 0.05) is 31.0 Å². The number of nitrogens with one attached hydrogen (secondary N) is 1. The Balaban J connectivity index is 1.50. The van der Waals surface area contributed by atoms with Gasteiger partial charge in [-0.25, -0.2) is 0 Å². The smallest absolute Gasteiger partial charge is 0.238 e. The van der Waals surface area contributed by atoms with E-state index in [9.17, 15) is 9.59 Å². The van der Waals surface area contributed by atoms with E-state index < -0.39 is 0 Å². The first-order valence-electron chi connectivity index (χ1n) is 8.78. The number of anilines is 2. The molecular formula is C18H26N4O2. The molecule has 0 saturated carbocycles. The lowest BCUT2D eigenvalue weighted by molar-refractivity contribution is -0.125. The quantitative estimate of drug-likeness (QED) is 0.856. The molecule has 2 saturated heterocycles. The molecule has 1 atom stereocenters. The summed E-state index contributed by atoms with van der Waals surface area (Å²) >= 11 is 0. The molecule has 0 spiro atoms. The van der Waals surface area contributed by atoms with E-state index in [1.54, 1.807) is 0 Å². The summed E-state index contributed by atoms with van der Waals surface area (Å²) in [4.78, 5) is 27.9. The maximum Gasteiger partial charge on any atom is 0.238 e. The topological polar surface area (TPSA) is 78.7 Å². The fraction of sp³-hybridized carbons (Fsp3) is 0.556. The Morgan fingerprint density at radius 2 is 1.79 bits per heavy atom. The first kappa shape index (κ1) is 16.8. The molecule has 0 aromatic heterocycles. The summed E-state index contributed by atoms with van der Waals surface area (Å²) < 4.78 is 0. The van der Waals surface area contributed by atoms with Crippen molar-refractivity contribution in [2.24, 2.45) is 11.7 Å². The average Bonchev–Trinajstić information content (AvgIpc) is 3.10. The molecule has 2 aliphatic heterocycles. The summed E-state index contributed by atoms with van der Waals surface area (Å²) in [5.74, 6) is -0.446. The fourth-order valence-electron chi connectivity index (χ4n) is 3.57. The number of piperidine rings is 1. The lowest BCUT2D eigenvalue weighted by Crippen LogP contribution is -2.44. The fourth-order valence-corrected chi connectivity index (χ4v) is 3.57. The van der Waals surface area contributed by atoms with Crippen molar-refractivity contribution in [3.05, 3.63) is 24.3 Å². The predicted octanol–water partition coefficient (Wildman–Crippen LogP) is 1.42. The number of amides is 2. The third-order valence-electron chi connectivity index (χ3n) is 4.90. The van der Waals surface area contributed by atoms with Gasteiger partial charge < -0.3 is 16.0 Å². The van der Waals surface area contributed by atoms with Crippen LogP contribution in [0.25, 0.3) is 0 Å². The zero-order valence-electron chi connectivity index (χ0n) is 14.0. The van der Waals surface area contributed by atoms with Gasteiger partial charge in [0.1, 0.15) is 0 Å². The molecule has 0 bridgehead atoms. The third-order valence-corrected chi connectivity index (χ3v) is 4.90. The van der Waals surface area contributed by atoms with E-state index >= 15 is 0 Å². The third kappa shape index (κ3) is 4.26. The van der Waals surface area contributed by atoms with E-state index in [0.29, 0.717) is 13.1 Å². The van der Waals surface area contributed by atoms with Crippen LogP contribution in [-0.4, -0.2) is 49.4 Å². The Hall–Kier alpha value is -2.08. The molecule has 6 heteroatoms. The molecule has 3 rings (SSSR count). The van der Waals surface area contributed by atoms with E-state index in [4.69, 9.17) is 5.73 Å². The first-order valence-corrected chi connectivity index (χ1v) is 8.78.